The van der Waals surface area contributed by atoms with Crippen molar-refractivity contribution in [2.24, 2.45) is 0 Å². The summed E-state index contributed by atoms with van der Waals surface area (Å²) in [4.78, 5) is 24.4. The highest BCUT2D eigenvalue weighted by Crippen LogP contribution is 2.39. The molecule has 0 aliphatic carbocycles. The van der Waals surface area contributed by atoms with E-state index >= 15 is 0 Å². The van der Waals surface area contributed by atoms with Crippen LogP contribution in [0.3, 0.4) is 0 Å². The molecule has 1 aliphatic heterocycles. The van der Waals surface area contributed by atoms with Gasteiger partial charge in [-0.2, -0.15) is 0 Å². The van der Waals surface area contributed by atoms with Crippen molar-refractivity contribution < 1.29 is 28.5 Å². The van der Waals surface area contributed by atoms with Gasteiger partial charge in [0, 0.05) is 18.2 Å². The maximum absolute atomic E-state index is 12.7. The first kappa shape index (κ1) is 18.7. The maximum atomic E-state index is 12.7. The summed E-state index contributed by atoms with van der Waals surface area (Å²) in [5, 5.41) is 0. The normalized spacial score (nSPS) is 14.0. The maximum Gasteiger partial charge on any atom is 0.337 e. The van der Waals surface area contributed by atoms with E-state index in [1.54, 1.807) is 25.1 Å². The Kier molecular flexibility index (Phi) is 5.57. The van der Waals surface area contributed by atoms with Gasteiger partial charge < -0.3 is 18.9 Å². The lowest BCUT2D eigenvalue weighted by atomic mass is 10.1. The van der Waals surface area contributed by atoms with Crippen molar-refractivity contribution in [2.75, 3.05) is 20.3 Å². The van der Waals surface area contributed by atoms with Gasteiger partial charge in [0.25, 0.3) is 0 Å². The predicted octanol–water partition coefficient (Wildman–Crippen LogP) is 3.56. The number of methoxy groups -OCH3 is 1. The van der Waals surface area contributed by atoms with Crippen LogP contribution < -0.4 is 14.2 Å². The monoisotopic (exact) mass is 368 g/mol. The minimum atomic E-state index is -0.522. The van der Waals surface area contributed by atoms with Gasteiger partial charge in [-0.3, -0.25) is 4.79 Å². The van der Waals surface area contributed by atoms with Crippen molar-refractivity contribution >= 4 is 17.8 Å². The third-order valence-electron chi connectivity index (χ3n) is 4.03. The largest absolute Gasteiger partial charge is 0.493 e. The average molecular weight is 368 g/mol. The van der Waals surface area contributed by atoms with E-state index in [1.807, 2.05) is 31.2 Å². The average Bonchev–Trinajstić information content (AvgIpc) is 2.96. The summed E-state index contributed by atoms with van der Waals surface area (Å²) in [6, 6.07) is 10.6. The second kappa shape index (κ2) is 8.05. The Morgan fingerprint density at radius 2 is 1.93 bits per heavy atom. The number of benzene rings is 2. The number of ketones is 1. The van der Waals surface area contributed by atoms with E-state index in [0.717, 1.165) is 5.56 Å². The van der Waals surface area contributed by atoms with E-state index in [4.69, 9.17) is 18.9 Å². The third-order valence-corrected chi connectivity index (χ3v) is 4.03. The molecular formula is C21H20O6. The highest BCUT2D eigenvalue weighted by molar-refractivity contribution is 6.15. The summed E-state index contributed by atoms with van der Waals surface area (Å²) >= 11 is 0. The highest BCUT2D eigenvalue weighted by atomic mass is 16.6. The number of para-hydroxylation sites is 1. The van der Waals surface area contributed by atoms with Crippen molar-refractivity contribution in [1.82, 2.24) is 0 Å². The molecule has 2 aromatic carbocycles. The number of esters is 1. The number of fused-ring (bicyclic) bond motifs is 1. The molecule has 0 atom stereocenters. The lowest BCUT2D eigenvalue weighted by Gasteiger charge is -2.10. The van der Waals surface area contributed by atoms with Crippen molar-refractivity contribution in [3.63, 3.8) is 0 Å². The summed E-state index contributed by atoms with van der Waals surface area (Å²) in [5.74, 6) is 0.842. The van der Waals surface area contributed by atoms with Gasteiger partial charge in [-0.25, -0.2) is 4.79 Å². The van der Waals surface area contributed by atoms with E-state index in [1.165, 1.54) is 7.11 Å². The minimum absolute atomic E-state index is 0.157. The molecule has 0 spiro atoms. The van der Waals surface area contributed by atoms with Gasteiger partial charge >= 0.3 is 5.97 Å². The number of carbonyl (C=O) groups excluding carboxylic acids is 2. The summed E-state index contributed by atoms with van der Waals surface area (Å²) in [7, 11) is 1.41. The molecule has 6 nitrogen and oxygen atoms in total. The molecule has 0 fully saturated rings. The Labute approximate surface area is 157 Å². The number of allylic oxidation sites excluding steroid dienone is 1. The molecule has 0 saturated heterocycles. The Hall–Kier alpha value is -3.12. The SMILES string of the molecule is CCOc1ccccc1/C=C1\Oc2c(ccc(OC(=O)COC)c2C)C1=O. The van der Waals surface area contributed by atoms with Gasteiger partial charge in [-0.15, -0.1) is 0 Å². The fraction of sp³-hybridized carbons (Fsp3) is 0.238. The van der Waals surface area contributed by atoms with Gasteiger partial charge in [0.1, 0.15) is 23.9 Å². The van der Waals surface area contributed by atoms with Crippen molar-refractivity contribution in [3.05, 3.63) is 58.8 Å². The predicted molar refractivity (Wildman–Crippen MR) is 99.2 cm³/mol. The van der Waals surface area contributed by atoms with Crippen LogP contribution in [0.15, 0.2) is 42.2 Å². The van der Waals surface area contributed by atoms with Crippen LogP contribution in [0, 0.1) is 6.92 Å². The van der Waals surface area contributed by atoms with Gasteiger partial charge in [0.2, 0.25) is 5.78 Å². The van der Waals surface area contributed by atoms with E-state index in [0.29, 0.717) is 35.0 Å². The number of carbonyl (C=O) groups is 2. The summed E-state index contributed by atoms with van der Waals surface area (Å²) in [5.41, 5.74) is 1.76. The van der Waals surface area contributed by atoms with Crippen LogP contribution in [-0.2, 0) is 9.53 Å². The summed E-state index contributed by atoms with van der Waals surface area (Å²) < 4.78 is 21.4. The molecule has 0 amide bonds. The van der Waals surface area contributed by atoms with Crippen LogP contribution in [0.4, 0.5) is 0 Å². The second-order valence-corrected chi connectivity index (χ2v) is 5.88. The molecule has 0 aromatic heterocycles. The first-order valence-electron chi connectivity index (χ1n) is 8.54. The zero-order valence-electron chi connectivity index (χ0n) is 15.4. The van der Waals surface area contributed by atoms with E-state index in [-0.39, 0.29) is 18.1 Å². The fourth-order valence-electron chi connectivity index (χ4n) is 2.78. The molecule has 27 heavy (non-hydrogen) atoms. The molecule has 0 N–H and O–H groups in total. The molecule has 0 unspecified atom stereocenters. The van der Waals surface area contributed by atoms with Crippen LogP contribution in [0.5, 0.6) is 17.2 Å². The Balaban J connectivity index is 1.91. The van der Waals surface area contributed by atoms with E-state index in [9.17, 15) is 9.59 Å². The zero-order chi connectivity index (χ0) is 19.4. The van der Waals surface area contributed by atoms with Crippen molar-refractivity contribution in [3.8, 4) is 17.2 Å². The molecule has 2 aromatic rings. The second-order valence-electron chi connectivity index (χ2n) is 5.88. The van der Waals surface area contributed by atoms with Crippen LogP contribution >= 0.6 is 0 Å². The minimum Gasteiger partial charge on any atom is -0.493 e. The van der Waals surface area contributed by atoms with Crippen LogP contribution in [0.25, 0.3) is 6.08 Å². The number of Topliss-reactive ketones (excluding diaryl/α,β-unsaturated/α-hetero) is 1. The Bertz CT molecular complexity index is 913. The van der Waals surface area contributed by atoms with Crippen molar-refractivity contribution in [1.29, 1.82) is 0 Å². The molecule has 140 valence electrons. The lowest BCUT2D eigenvalue weighted by molar-refractivity contribution is -0.138. The third kappa shape index (κ3) is 3.85. The topological polar surface area (TPSA) is 71.1 Å². The molecular weight excluding hydrogens is 348 g/mol. The Morgan fingerprint density at radius 1 is 1.15 bits per heavy atom. The smallest absolute Gasteiger partial charge is 0.337 e. The molecule has 3 rings (SSSR count). The van der Waals surface area contributed by atoms with Gasteiger partial charge in [0.15, 0.2) is 5.76 Å². The summed E-state index contributed by atoms with van der Waals surface area (Å²) in [6.07, 6.45) is 1.66. The Morgan fingerprint density at radius 3 is 2.67 bits per heavy atom. The fourth-order valence-corrected chi connectivity index (χ4v) is 2.78. The molecule has 0 bridgehead atoms. The first-order chi connectivity index (χ1) is 13.0. The molecule has 0 radical (unpaired) electrons. The van der Waals surface area contributed by atoms with Gasteiger partial charge in [0.05, 0.1) is 12.2 Å². The summed E-state index contributed by atoms with van der Waals surface area (Å²) in [6.45, 7) is 3.99. The van der Waals surface area contributed by atoms with Gasteiger partial charge in [-0.05, 0) is 38.1 Å². The van der Waals surface area contributed by atoms with Crippen LogP contribution in [-0.4, -0.2) is 32.1 Å². The van der Waals surface area contributed by atoms with E-state index in [2.05, 4.69) is 0 Å². The number of ether oxygens (including phenoxy) is 4. The van der Waals surface area contributed by atoms with Crippen LogP contribution in [0.2, 0.25) is 0 Å². The number of hydrogen-bond donors (Lipinski definition) is 0. The number of rotatable bonds is 6. The van der Waals surface area contributed by atoms with Gasteiger partial charge in [-0.1, -0.05) is 18.2 Å². The highest BCUT2D eigenvalue weighted by Gasteiger charge is 2.30. The van der Waals surface area contributed by atoms with E-state index < -0.39 is 5.97 Å². The number of hydrogen-bond acceptors (Lipinski definition) is 6. The molecule has 1 aliphatic rings. The zero-order valence-corrected chi connectivity index (χ0v) is 15.4. The molecule has 6 heteroatoms. The molecule has 1 heterocycles. The standard InChI is InChI=1S/C21H20O6/c1-4-25-17-8-6-5-7-14(17)11-18-20(23)15-9-10-16(13(2)21(15)27-18)26-19(22)12-24-3/h5-11H,4,12H2,1-3H3/b18-11-. The lowest BCUT2D eigenvalue weighted by Crippen LogP contribution is -2.14. The van der Waals surface area contributed by atoms with Crippen molar-refractivity contribution in [2.45, 2.75) is 13.8 Å². The molecule has 0 saturated carbocycles. The first-order valence-corrected chi connectivity index (χ1v) is 8.54. The van der Waals surface area contributed by atoms with Crippen LogP contribution in [0.1, 0.15) is 28.4 Å². The quantitative estimate of drug-likeness (QED) is 0.441.